The van der Waals surface area contributed by atoms with Gasteiger partial charge in [0.1, 0.15) is 10.0 Å². The van der Waals surface area contributed by atoms with E-state index in [-0.39, 0.29) is 4.21 Å². The monoisotopic (exact) mass is 460 g/mol. The van der Waals surface area contributed by atoms with Gasteiger partial charge in [-0.3, -0.25) is 5.10 Å². The molecule has 0 saturated heterocycles. The van der Waals surface area contributed by atoms with Gasteiger partial charge in [-0.2, -0.15) is 5.10 Å². The molecule has 4 N–H and O–H groups in total. The number of nitrogens with zero attached hydrogens (tertiary/aromatic N) is 3. The smallest absolute Gasteiger partial charge is 0.250 e. The van der Waals surface area contributed by atoms with E-state index in [2.05, 4.69) is 30.2 Å². The highest BCUT2D eigenvalue weighted by atomic mass is 32.2. The lowest BCUT2D eigenvalue weighted by Gasteiger charge is -2.19. The first-order chi connectivity index (χ1) is 14.6. The zero-order valence-corrected chi connectivity index (χ0v) is 19.0. The highest BCUT2D eigenvalue weighted by Gasteiger charge is 2.26. The third-order valence-electron chi connectivity index (χ3n) is 4.44. The molecule has 3 heterocycles. The summed E-state index contributed by atoms with van der Waals surface area (Å²) >= 11 is 1.09. The van der Waals surface area contributed by atoms with Crippen molar-refractivity contribution in [1.29, 1.82) is 0 Å². The van der Waals surface area contributed by atoms with Crippen LogP contribution in [0.25, 0.3) is 16.8 Å². The Balaban J connectivity index is 1.63. The second kappa shape index (κ2) is 8.06. The van der Waals surface area contributed by atoms with Crippen LogP contribution in [0.1, 0.15) is 50.8 Å². The van der Waals surface area contributed by atoms with Gasteiger partial charge in [-0.25, -0.2) is 23.1 Å². The molecule has 31 heavy (non-hydrogen) atoms. The Kier molecular flexibility index (Phi) is 5.58. The lowest BCUT2D eigenvalue weighted by Crippen LogP contribution is -2.40. The number of aliphatic hydroxyl groups excluding tert-OH is 1. The number of aliphatic hydroxyl groups is 1. The molecule has 164 valence electrons. The minimum Gasteiger partial charge on any atom is -0.516 e. The molecule has 0 bridgehead atoms. The number of H-pyrrole nitrogens is 1. The standard InChI is InChI=1S/C20H24N6O3S2/c1-20(2,3)26-31(28,29)17-7-6-15(30-17)19-21-11-13(8-9-27)18(23-19)22-16-10-14(24-25-16)12-4-5-12/h6-12,26-27H,4-5H2,1-3H3,(H2,21,22,23,24,25)/b9-8+. The van der Waals surface area contributed by atoms with Crippen LogP contribution in [0.4, 0.5) is 11.6 Å². The summed E-state index contributed by atoms with van der Waals surface area (Å²) in [5.41, 5.74) is 1.06. The van der Waals surface area contributed by atoms with Gasteiger partial charge in [-0.1, -0.05) is 0 Å². The predicted octanol–water partition coefficient (Wildman–Crippen LogP) is 4.15. The average molecular weight is 461 g/mol. The van der Waals surface area contributed by atoms with E-state index < -0.39 is 15.6 Å². The Hall–Kier alpha value is -2.76. The average Bonchev–Trinajstić information content (AvgIpc) is 3.21. The molecule has 3 aromatic rings. The molecule has 11 heteroatoms. The molecular formula is C20H24N6O3S2. The fourth-order valence-corrected chi connectivity index (χ4v) is 5.64. The van der Waals surface area contributed by atoms with Crippen LogP contribution in [0, 0.1) is 0 Å². The van der Waals surface area contributed by atoms with Crippen molar-refractivity contribution in [3.63, 3.8) is 0 Å². The fraction of sp³-hybridized carbons (Fsp3) is 0.350. The van der Waals surface area contributed by atoms with Crippen molar-refractivity contribution in [3.05, 3.63) is 41.9 Å². The van der Waals surface area contributed by atoms with Gasteiger partial charge in [0.15, 0.2) is 11.6 Å². The molecule has 1 fully saturated rings. The highest BCUT2D eigenvalue weighted by molar-refractivity contribution is 7.91. The summed E-state index contributed by atoms with van der Waals surface area (Å²) in [6, 6.07) is 5.17. The third-order valence-corrected chi connectivity index (χ3v) is 7.77. The van der Waals surface area contributed by atoms with Crippen LogP contribution in [-0.4, -0.2) is 39.2 Å². The third kappa shape index (κ3) is 5.12. The van der Waals surface area contributed by atoms with Crippen LogP contribution >= 0.6 is 11.3 Å². The molecule has 0 aromatic carbocycles. The van der Waals surface area contributed by atoms with Crippen LogP contribution in [0.5, 0.6) is 0 Å². The van der Waals surface area contributed by atoms with Gasteiger partial charge < -0.3 is 10.4 Å². The molecular weight excluding hydrogens is 436 g/mol. The number of thiophene rings is 1. The molecule has 3 aromatic heterocycles. The Labute approximate surface area is 184 Å². The minimum atomic E-state index is -3.64. The van der Waals surface area contributed by atoms with E-state index in [1.165, 1.54) is 6.08 Å². The lowest BCUT2D eigenvalue weighted by atomic mass is 10.1. The summed E-state index contributed by atoms with van der Waals surface area (Å²) in [6.45, 7) is 5.37. The SMILES string of the molecule is CC(C)(C)NS(=O)(=O)c1ccc(-c2ncc(/C=C/O)c(Nc3cc(C4CC4)[nH]n3)n2)s1. The summed E-state index contributed by atoms with van der Waals surface area (Å²) in [5.74, 6) is 1.98. The van der Waals surface area contributed by atoms with Crippen molar-refractivity contribution in [3.8, 4) is 10.7 Å². The molecule has 0 aliphatic heterocycles. The molecule has 1 aliphatic carbocycles. The van der Waals surface area contributed by atoms with Gasteiger partial charge in [-0.15, -0.1) is 11.3 Å². The Bertz CT molecular complexity index is 1220. The number of hydrogen-bond acceptors (Lipinski definition) is 8. The van der Waals surface area contributed by atoms with Gasteiger partial charge in [-0.05, 0) is 51.8 Å². The van der Waals surface area contributed by atoms with Gasteiger partial charge in [0, 0.05) is 35.0 Å². The van der Waals surface area contributed by atoms with E-state index in [9.17, 15) is 13.5 Å². The van der Waals surface area contributed by atoms with Gasteiger partial charge in [0.2, 0.25) is 0 Å². The fourth-order valence-electron chi connectivity index (χ4n) is 2.98. The zero-order chi connectivity index (χ0) is 22.2. The predicted molar refractivity (Wildman–Crippen MR) is 121 cm³/mol. The van der Waals surface area contributed by atoms with E-state index in [1.807, 2.05) is 6.07 Å². The summed E-state index contributed by atoms with van der Waals surface area (Å²) < 4.78 is 28.0. The molecule has 0 amide bonds. The van der Waals surface area contributed by atoms with Crippen molar-refractivity contribution in [2.45, 2.75) is 49.3 Å². The molecule has 1 saturated carbocycles. The van der Waals surface area contributed by atoms with Gasteiger partial charge in [0.05, 0.1) is 11.1 Å². The number of hydrogen-bond donors (Lipinski definition) is 4. The topological polar surface area (TPSA) is 133 Å². The van der Waals surface area contributed by atoms with Crippen LogP contribution in [0.3, 0.4) is 0 Å². The summed E-state index contributed by atoms with van der Waals surface area (Å²) in [4.78, 5) is 9.50. The summed E-state index contributed by atoms with van der Waals surface area (Å²) in [5, 5.41) is 19.7. The maximum absolute atomic E-state index is 12.6. The van der Waals surface area contributed by atoms with Gasteiger partial charge >= 0.3 is 0 Å². The number of aromatic amines is 1. The van der Waals surface area contributed by atoms with E-state index >= 15 is 0 Å². The number of sulfonamides is 1. The Morgan fingerprint density at radius 1 is 1.29 bits per heavy atom. The lowest BCUT2D eigenvalue weighted by molar-refractivity contribution is 0.478. The molecule has 1 aliphatic rings. The number of aromatic nitrogens is 4. The van der Waals surface area contributed by atoms with Crippen LogP contribution in [-0.2, 0) is 10.0 Å². The number of rotatable bonds is 7. The van der Waals surface area contributed by atoms with Crippen LogP contribution in [0.2, 0.25) is 0 Å². The Morgan fingerprint density at radius 3 is 2.74 bits per heavy atom. The van der Waals surface area contributed by atoms with Crippen molar-refractivity contribution in [2.24, 2.45) is 0 Å². The van der Waals surface area contributed by atoms with Crippen LogP contribution < -0.4 is 10.0 Å². The maximum Gasteiger partial charge on any atom is 0.250 e. The van der Waals surface area contributed by atoms with Crippen molar-refractivity contribution in [2.75, 3.05) is 5.32 Å². The van der Waals surface area contributed by atoms with Gasteiger partial charge in [0.25, 0.3) is 10.0 Å². The molecule has 0 unspecified atom stereocenters. The van der Waals surface area contributed by atoms with Crippen LogP contribution in [0.15, 0.2) is 34.9 Å². The van der Waals surface area contributed by atoms with E-state index in [4.69, 9.17) is 0 Å². The molecule has 0 atom stereocenters. The normalized spacial score (nSPS) is 14.9. The summed E-state index contributed by atoms with van der Waals surface area (Å²) in [7, 11) is -3.64. The molecule has 9 nitrogen and oxygen atoms in total. The minimum absolute atomic E-state index is 0.191. The molecule has 4 rings (SSSR count). The Morgan fingerprint density at radius 2 is 2.06 bits per heavy atom. The second-order valence-corrected chi connectivity index (χ2v) is 11.4. The van der Waals surface area contributed by atoms with E-state index in [0.29, 0.717) is 33.8 Å². The molecule has 0 spiro atoms. The second-order valence-electron chi connectivity index (χ2n) is 8.40. The van der Waals surface area contributed by atoms with Crippen molar-refractivity contribution < 1.29 is 13.5 Å². The zero-order valence-electron chi connectivity index (χ0n) is 17.4. The molecule has 0 radical (unpaired) electrons. The maximum atomic E-state index is 12.6. The first-order valence-electron chi connectivity index (χ1n) is 9.79. The summed E-state index contributed by atoms with van der Waals surface area (Å²) in [6.07, 6.45) is 6.26. The number of nitrogens with one attached hydrogen (secondary N) is 3. The number of anilines is 2. The van der Waals surface area contributed by atoms with E-state index in [0.717, 1.165) is 36.1 Å². The quantitative estimate of drug-likeness (QED) is 0.389. The first-order valence-corrected chi connectivity index (χ1v) is 12.1. The van der Waals surface area contributed by atoms with Crippen molar-refractivity contribution >= 4 is 39.1 Å². The highest BCUT2D eigenvalue weighted by Crippen LogP contribution is 2.40. The first kappa shape index (κ1) is 21.5. The van der Waals surface area contributed by atoms with Crippen molar-refractivity contribution in [1.82, 2.24) is 24.9 Å². The van der Waals surface area contributed by atoms with E-state index in [1.54, 1.807) is 39.1 Å². The largest absolute Gasteiger partial charge is 0.516 e.